The molecule has 0 aliphatic carbocycles. The molecule has 1 aliphatic heterocycles. The SMILES string of the molecule is Cc1cc(F)ccc1Nc1nc2ccc3c(C)c(/C=C/CNC(O)C4CCP(=O)(c5ccccc5)CC4)[nH]c(=O)c3c2n1C. The zero-order valence-corrected chi connectivity index (χ0v) is 26.0. The molecule has 0 saturated carbocycles. The topological polar surface area (TPSA) is 112 Å². The van der Waals surface area contributed by atoms with E-state index in [4.69, 9.17) is 4.98 Å². The van der Waals surface area contributed by atoms with Crippen LogP contribution in [0, 0.1) is 25.6 Å². The van der Waals surface area contributed by atoms with Gasteiger partial charge in [0.15, 0.2) is 0 Å². The maximum atomic E-state index is 13.6. The molecule has 8 nitrogen and oxygen atoms in total. The zero-order chi connectivity index (χ0) is 31.0. The molecule has 228 valence electrons. The van der Waals surface area contributed by atoms with Gasteiger partial charge in [0, 0.05) is 42.6 Å². The van der Waals surface area contributed by atoms with Gasteiger partial charge in [0.05, 0.1) is 16.4 Å². The number of hydrogen-bond acceptors (Lipinski definition) is 6. The van der Waals surface area contributed by atoms with E-state index in [1.165, 1.54) is 12.1 Å². The highest BCUT2D eigenvalue weighted by Crippen LogP contribution is 2.50. The van der Waals surface area contributed by atoms with E-state index < -0.39 is 13.4 Å². The van der Waals surface area contributed by atoms with Crippen molar-refractivity contribution < 1.29 is 14.1 Å². The second-order valence-electron chi connectivity index (χ2n) is 11.7. The summed E-state index contributed by atoms with van der Waals surface area (Å²) in [6, 6.07) is 18.0. The van der Waals surface area contributed by atoms with Gasteiger partial charge in [-0.1, -0.05) is 42.5 Å². The fraction of sp³-hybridized carbons (Fsp3) is 0.294. The summed E-state index contributed by atoms with van der Waals surface area (Å²) in [6.07, 6.45) is 5.70. The van der Waals surface area contributed by atoms with Crippen LogP contribution in [0.25, 0.3) is 27.9 Å². The Morgan fingerprint density at radius 2 is 1.89 bits per heavy atom. The molecule has 0 spiro atoms. The number of imidazole rings is 1. The summed E-state index contributed by atoms with van der Waals surface area (Å²) in [7, 11) is -0.541. The highest BCUT2D eigenvalue weighted by atomic mass is 31.2. The van der Waals surface area contributed by atoms with Crippen molar-refractivity contribution in [1.29, 1.82) is 0 Å². The summed E-state index contributed by atoms with van der Waals surface area (Å²) in [5, 5.41) is 19.5. The average molecular weight is 614 g/mol. The number of H-pyrrole nitrogens is 1. The monoisotopic (exact) mass is 613 g/mol. The van der Waals surface area contributed by atoms with Gasteiger partial charge >= 0.3 is 0 Å². The molecule has 0 amide bonds. The maximum Gasteiger partial charge on any atom is 0.258 e. The molecule has 4 N–H and O–H groups in total. The van der Waals surface area contributed by atoms with E-state index in [0.717, 1.165) is 27.5 Å². The zero-order valence-electron chi connectivity index (χ0n) is 25.1. The number of nitrogens with zero attached hydrogens (tertiary/aromatic N) is 2. The number of benzene rings is 3. The number of aryl methyl sites for hydroxylation is 3. The number of fused-ring (bicyclic) bond motifs is 3. The van der Waals surface area contributed by atoms with Crippen molar-refractivity contribution in [2.24, 2.45) is 13.0 Å². The van der Waals surface area contributed by atoms with Crippen LogP contribution in [-0.4, -0.2) is 44.7 Å². The smallest absolute Gasteiger partial charge is 0.258 e. The minimum absolute atomic E-state index is 0.0454. The largest absolute Gasteiger partial charge is 0.378 e. The van der Waals surface area contributed by atoms with Gasteiger partial charge in [0.25, 0.3) is 5.56 Å². The van der Waals surface area contributed by atoms with Crippen LogP contribution in [0.5, 0.6) is 0 Å². The van der Waals surface area contributed by atoms with E-state index in [-0.39, 0.29) is 17.3 Å². The van der Waals surface area contributed by atoms with Gasteiger partial charge in [-0.3, -0.25) is 10.1 Å². The molecule has 3 heterocycles. The van der Waals surface area contributed by atoms with Crippen molar-refractivity contribution in [3.63, 3.8) is 0 Å². The van der Waals surface area contributed by atoms with Crippen LogP contribution in [0.3, 0.4) is 0 Å². The van der Waals surface area contributed by atoms with Gasteiger partial charge in [0.2, 0.25) is 5.95 Å². The fourth-order valence-corrected chi connectivity index (χ4v) is 9.20. The number of anilines is 2. The summed E-state index contributed by atoms with van der Waals surface area (Å²) in [5.74, 6) is 0.293. The molecule has 1 saturated heterocycles. The predicted octanol–water partition coefficient (Wildman–Crippen LogP) is 5.93. The minimum atomic E-state index is -2.39. The number of pyridine rings is 1. The summed E-state index contributed by atoms with van der Waals surface area (Å²) in [6.45, 7) is 4.21. The second kappa shape index (κ2) is 12.2. The highest BCUT2D eigenvalue weighted by Gasteiger charge is 2.34. The summed E-state index contributed by atoms with van der Waals surface area (Å²) >= 11 is 0. The van der Waals surface area contributed by atoms with Crippen molar-refractivity contribution in [2.45, 2.75) is 32.9 Å². The first kappa shape index (κ1) is 30.0. The molecule has 2 aromatic heterocycles. The normalized spacial score (nSPS) is 19.6. The third-order valence-corrected chi connectivity index (χ3v) is 12.1. The van der Waals surface area contributed by atoms with E-state index in [1.54, 1.807) is 6.07 Å². The first-order valence-corrected chi connectivity index (χ1v) is 17.0. The molecule has 1 atom stereocenters. The minimum Gasteiger partial charge on any atom is -0.378 e. The van der Waals surface area contributed by atoms with Crippen molar-refractivity contribution in [2.75, 3.05) is 24.2 Å². The van der Waals surface area contributed by atoms with Gasteiger partial charge in [-0.05, 0) is 79.5 Å². The quantitative estimate of drug-likeness (QED) is 0.127. The van der Waals surface area contributed by atoms with E-state index >= 15 is 0 Å². The van der Waals surface area contributed by atoms with Gasteiger partial charge < -0.3 is 24.5 Å². The van der Waals surface area contributed by atoms with Crippen molar-refractivity contribution in [3.05, 3.63) is 99.7 Å². The molecule has 44 heavy (non-hydrogen) atoms. The van der Waals surface area contributed by atoms with Crippen molar-refractivity contribution in [1.82, 2.24) is 19.9 Å². The second-order valence-corrected chi connectivity index (χ2v) is 14.9. The molecule has 0 bridgehead atoms. The van der Waals surface area contributed by atoms with Crippen LogP contribution in [0.2, 0.25) is 0 Å². The first-order valence-electron chi connectivity index (χ1n) is 14.9. The number of nitrogens with one attached hydrogen (secondary N) is 3. The third-order valence-electron chi connectivity index (χ3n) is 8.88. The van der Waals surface area contributed by atoms with Gasteiger partial charge in [-0.2, -0.15) is 0 Å². The van der Waals surface area contributed by atoms with Crippen LogP contribution in [0.1, 0.15) is 29.7 Å². The average Bonchev–Trinajstić information content (AvgIpc) is 3.34. The molecular formula is C34H37FN5O3P. The van der Waals surface area contributed by atoms with E-state index in [0.29, 0.717) is 59.8 Å². The number of rotatable bonds is 8. The molecule has 5 aromatic rings. The van der Waals surface area contributed by atoms with Gasteiger partial charge in [-0.15, -0.1) is 0 Å². The van der Waals surface area contributed by atoms with Crippen molar-refractivity contribution in [3.8, 4) is 0 Å². The Morgan fingerprint density at radius 3 is 2.61 bits per heavy atom. The van der Waals surface area contributed by atoms with Crippen molar-refractivity contribution >= 4 is 52.0 Å². The van der Waals surface area contributed by atoms with Gasteiger partial charge in [0.1, 0.15) is 19.2 Å². The molecule has 6 rings (SSSR count). The Labute approximate surface area is 255 Å². The Balaban J connectivity index is 1.15. The Kier molecular flexibility index (Phi) is 8.29. The molecule has 1 unspecified atom stereocenters. The number of halogens is 1. The lowest BCUT2D eigenvalue weighted by atomic mass is 10.0. The third kappa shape index (κ3) is 5.75. The molecule has 1 fully saturated rings. The maximum absolute atomic E-state index is 13.6. The summed E-state index contributed by atoms with van der Waals surface area (Å²) < 4.78 is 28.8. The number of hydrogen-bond donors (Lipinski definition) is 4. The molecule has 1 aliphatic rings. The molecule has 10 heteroatoms. The van der Waals surface area contributed by atoms with E-state index in [2.05, 4.69) is 15.6 Å². The first-order chi connectivity index (χ1) is 21.1. The van der Waals surface area contributed by atoms with Crippen LogP contribution in [-0.2, 0) is 11.6 Å². The summed E-state index contributed by atoms with van der Waals surface area (Å²) in [4.78, 5) is 21.1. The van der Waals surface area contributed by atoms with E-state index in [9.17, 15) is 18.9 Å². The number of aromatic amines is 1. The lowest BCUT2D eigenvalue weighted by Crippen LogP contribution is -2.39. The number of aromatic nitrogens is 3. The number of aliphatic hydroxyl groups is 1. The Bertz CT molecular complexity index is 1970. The standard InChI is InChI=1S/C34H37FN5O3P/c1-21-20-24(35)11-13-27(21)38-34-39-29-14-12-26-22(2)28(37-33(42)30(26)31(29)40(34)3)10-7-17-36-32(41)23-15-18-44(43,19-16-23)25-8-5-4-6-9-25/h4-14,20,23,32,36,41H,15-19H2,1-3H3,(H,37,42)(H,38,39)/b10-7+. The van der Waals surface area contributed by atoms with Crippen LogP contribution >= 0.6 is 7.14 Å². The molecule has 3 aromatic carbocycles. The van der Waals surface area contributed by atoms with Crippen LogP contribution in [0.4, 0.5) is 16.0 Å². The lowest BCUT2D eigenvalue weighted by molar-refractivity contribution is 0.0729. The van der Waals surface area contributed by atoms with Crippen LogP contribution < -0.4 is 21.5 Å². The van der Waals surface area contributed by atoms with E-state index in [1.807, 2.05) is 80.1 Å². The lowest BCUT2D eigenvalue weighted by Gasteiger charge is -2.32. The predicted molar refractivity (Wildman–Crippen MR) is 177 cm³/mol. The fourth-order valence-electron chi connectivity index (χ4n) is 6.25. The Hall–Kier alpha value is -4.04. The highest BCUT2D eigenvalue weighted by molar-refractivity contribution is 7.71. The van der Waals surface area contributed by atoms with Crippen LogP contribution in [0.15, 0.2) is 71.5 Å². The molecular weight excluding hydrogens is 576 g/mol. The van der Waals surface area contributed by atoms with Gasteiger partial charge in [-0.25, -0.2) is 9.37 Å². The number of aliphatic hydroxyl groups excluding tert-OH is 1. The summed E-state index contributed by atoms with van der Waals surface area (Å²) in [5.41, 5.74) is 4.27. The molecule has 0 radical (unpaired) electrons. The Morgan fingerprint density at radius 1 is 1.14 bits per heavy atom.